The maximum Gasteiger partial charge on any atom is 0.417 e. The van der Waals surface area contributed by atoms with Crippen LogP contribution in [0.3, 0.4) is 0 Å². The number of pyridine rings is 1. The predicted molar refractivity (Wildman–Crippen MR) is 68.3 cm³/mol. The van der Waals surface area contributed by atoms with E-state index in [0.717, 1.165) is 0 Å². The van der Waals surface area contributed by atoms with E-state index in [1.165, 1.54) is 6.92 Å². The number of hydroxylamine groups is 1. The molecule has 0 atom stereocenters. The summed E-state index contributed by atoms with van der Waals surface area (Å²) in [5, 5.41) is 3.20. The molecule has 0 aliphatic rings. The topological polar surface area (TPSA) is 77.2 Å². The number of hydrogen-bond donors (Lipinski definition) is 1. The second-order valence-corrected chi connectivity index (χ2v) is 4.65. The Labute approximate surface area is 127 Å². The Morgan fingerprint density at radius 3 is 2.59 bits per heavy atom. The quantitative estimate of drug-likeness (QED) is 0.872. The molecular formula is C12H9ClF3N3O3. The molecule has 0 bridgehead atoms. The summed E-state index contributed by atoms with van der Waals surface area (Å²) in [5.41, 5.74) is 1.48. The number of nitrogens with one attached hydrogen (secondary N) is 1. The van der Waals surface area contributed by atoms with Gasteiger partial charge >= 0.3 is 6.18 Å². The van der Waals surface area contributed by atoms with Crippen molar-refractivity contribution >= 4 is 17.5 Å². The summed E-state index contributed by atoms with van der Waals surface area (Å²) in [6.45, 7) is 3.08. The van der Waals surface area contributed by atoms with Crippen molar-refractivity contribution in [1.82, 2.24) is 15.6 Å². The predicted octanol–water partition coefficient (Wildman–Crippen LogP) is 3.08. The minimum absolute atomic E-state index is 0.156. The molecule has 0 spiro atoms. The van der Waals surface area contributed by atoms with Crippen molar-refractivity contribution in [3.63, 3.8) is 0 Å². The zero-order valence-corrected chi connectivity index (χ0v) is 12.0. The van der Waals surface area contributed by atoms with Crippen LogP contribution in [-0.2, 0) is 6.18 Å². The summed E-state index contributed by atoms with van der Waals surface area (Å²) in [4.78, 5) is 20.1. The van der Waals surface area contributed by atoms with Crippen molar-refractivity contribution in [2.75, 3.05) is 0 Å². The maximum absolute atomic E-state index is 12.5. The fourth-order valence-electron chi connectivity index (χ4n) is 1.61. The summed E-state index contributed by atoms with van der Waals surface area (Å²) >= 11 is 5.64. The molecule has 1 amide bonds. The van der Waals surface area contributed by atoms with Gasteiger partial charge in [-0.25, -0.2) is 4.98 Å². The van der Waals surface area contributed by atoms with Gasteiger partial charge < -0.3 is 9.36 Å². The standard InChI is InChI=1S/C12H9ClF3N3O3/c1-5-9(6(2)21-18-5)10(20)19-22-11-8(13)3-7(4-17-11)12(14,15)16/h3-4H,1-2H3,(H,19,20). The molecule has 2 aromatic rings. The SMILES string of the molecule is Cc1noc(C)c1C(=O)NOc1ncc(C(F)(F)F)cc1Cl. The normalized spacial score (nSPS) is 11.4. The molecule has 118 valence electrons. The smallest absolute Gasteiger partial charge is 0.361 e. The molecule has 22 heavy (non-hydrogen) atoms. The fourth-order valence-corrected chi connectivity index (χ4v) is 1.81. The number of aryl methyl sites for hydroxylation is 2. The number of carbonyl (C=O) groups is 1. The molecule has 6 nitrogen and oxygen atoms in total. The van der Waals surface area contributed by atoms with E-state index in [1.807, 2.05) is 5.48 Å². The Morgan fingerprint density at radius 2 is 2.09 bits per heavy atom. The molecule has 0 unspecified atom stereocenters. The summed E-state index contributed by atoms with van der Waals surface area (Å²) < 4.78 is 42.2. The average molecular weight is 336 g/mol. The van der Waals surface area contributed by atoms with Gasteiger partial charge in [0.25, 0.3) is 11.8 Å². The van der Waals surface area contributed by atoms with Crippen molar-refractivity contribution in [3.05, 3.63) is 39.9 Å². The number of hydrogen-bond acceptors (Lipinski definition) is 5. The second-order valence-electron chi connectivity index (χ2n) is 4.24. The Kier molecular flexibility index (Phi) is 4.27. The van der Waals surface area contributed by atoms with Crippen LogP contribution in [-0.4, -0.2) is 16.0 Å². The summed E-state index contributed by atoms with van der Waals surface area (Å²) in [6.07, 6.45) is -4.03. The molecule has 0 aromatic carbocycles. The maximum atomic E-state index is 12.5. The molecule has 0 fully saturated rings. The second kappa shape index (κ2) is 5.84. The lowest BCUT2D eigenvalue weighted by atomic mass is 10.2. The third-order valence-corrected chi connectivity index (χ3v) is 2.91. The van der Waals surface area contributed by atoms with Gasteiger partial charge in [0.05, 0.1) is 11.3 Å². The first-order chi connectivity index (χ1) is 10.2. The largest absolute Gasteiger partial charge is 0.417 e. The lowest BCUT2D eigenvalue weighted by molar-refractivity contribution is -0.137. The van der Waals surface area contributed by atoms with Crippen molar-refractivity contribution in [3.8, 4) is 5.88 Å². The van der Waals surface area contributed by atoms with E-state index in [9.17, 15) is 18.0 Å². The van der Waals surface area contributed by atoms with Crippen LogP contribution < -0.4 is 10.3 Å². The number of nitrogens with zero attached hydrogens (tertiary/aromatic N) is 2. The van der Waals surface area contributed by atoms with Crippen LogP contribution in [0.5, 0.6) is 5.88 Å². The van der Waals surface area contributed by atoms with Gasteiger partial charge in [-0.1, -0.05) is 16.8 Å². The van der Waals surface area contributed by atoms with Crippen LogP contribution in [0.4, 0.5) is 13.2 Å². The Hall–Kier alpha value is -2.29. The number of carbonyl (C=O) groups excluding carboxylic acids is 1. The summed E-state index contributed by atoms with van der Waals surface area (Å²) in [5.74, 6) is -0.783. The molecule has 1 N–H and O–H groups in total. The van der Waals surface area contributed by atoms with Crippen LogP contribution in [0.15, 0.2) is 16.8 Å². The van der Waals surface area contributed by atoms with E-state index in [2.05, 4.69) is 10.1 Å². The first kappa shape index (κ1) is 16.1. The van der Waals surface area contributed by atoms with E-state index in [1.54, 1.807) is 6.92 Å². The van der Waals surface area contributed by atoms with Crippen molar-refractivity contribution in [1.29, 1.82) is 0 Å². The minimum atomic E-state index is -4.57. The highest BCUT2D eigenvalue weighted by Gasteiger charge is 2.32. The van der Waals surface area contributed by atoms with Crippen molar-refractivity contribution < 1.29 is 27.3 Å². The molecule has 0 saturated carbocycles. The van der Waals surface area contributed by atoms with Gasteiger partial charge in [0.15, 0.2) is 0 Å². The zero-order valence-electron chi connectivity index (χ0n) is 11.3. The molecular weight excluding hydrogens is 327 g/mol. The van der Waals surface area contributed by atoms with E-state index >= 15 is 0 Å². The van der Waals surface area contributed by atoms with Gasteiger partial charge in [0.1, 0.15) is 16.3 Å². The van der Waals surface area contributed by atoms with E-state index in [-0.39, 0.29) is 17.2 Å². The molecule has 2 aromatic heterocycles. The fraction of sp³-hybridized carbons (Fsp3) is 0.250. The van der Waals surface area contributed by atoms with Gasteiger partial charge in [-0.2, -0.15) is 18.7 Å². The third-order valence-electron chi connectivity index (χ3n) is 2.64. The molecule has 0 radical (unpaired) electrons. The molecule has 0 aliphatic heterocycles. The lowest BCUT2D eigenvalue weighted by Gasteiger charge is -2.10. The third kappa shape index (κ3) is 3.30. The molecule has 10 heteroatoms. The lowest BCUT2D eigenvalue weighted by Crippen LogP contribution is -2.28. The Balaban J connectivity index is 2.11. The first-order valence-corrected chi connectivity index (χ1v) is 6.20. The number of rotatable bonds is 3. The van der Waals surface area contributed by atoms with Gasteiger partial charge in [-0.05, 0) is 19.9 Å². The highest BCUT2D eigenvalue weighted by atomic mass is 35.5. The van der Waals surface area contributed by atoms with E-state index in [4.69, 9.17) is 21.0 Å². The first-order valence-electron chi connectivity index (χ1n) is 5.83. The van der Waals surface area contributed by atoms with Crippen molar-refractivity contribution in [2.24, 2.45) is 0 Å². The number of amides is 1. The average Bonchev–Trinajstić information content (AvgIpc) is 2.75. The van der Waals surface area contributed by atoms with Crippen LogP contribution >= 0.6 is 11.6 Å². The highest BCUT2D eigenvalue weighted by Crippen LogP contribution is 2.32. The van der Waals surface area contributed by atoms with Crippen LogP contribution in [0.2, 0.25) is 5.02 Å². The van der Waals surface area contributed by atoms with E-state index < -0.39 is 22.7 Å². The van der Waals surface area contributed by atoms with Gasteiger partial charge in [-0.15, -0.1) is 0 Å². The molecule has 2 rings (SSSR count). The van der Waals surface area contributed by atoms with Gasteiger partial charge in [-0.3, -0.25) is 4.79 Å². The molecule has 0 aliphatic carbocycles. The number of halogens is 4. The number of aromatic nitrogens is 2. The van der Waals surface area contributed by atoms with Crippen LogP contribution in [0, 0.1) is 13.8 Å². The van der Waals surface area contributed by atoms with Gasteiger partial charge in [0.2, 0.25) is 0 Å². The van der Waals surface area contributed by atoms with Crippen LogP contribution in [0.25, 0.3) is 0 Å². The summed E-state index contributed by atoms with van der Waals surface area (Å²) in [6, 6.07) is 0.645. The Bertz CT molecular complexity index is 696. The Morgan fingerprint density at radius 1 is 1.41 bits per heavy atom. The van der Waals surface area contributed by atoms with Crippen molar-refractivity contribution in [2.45, 2.75) is 20.0 Å². The minimum Gasteiger partial charge on any atom is -0.361 e. The van der Waals surface area contributed by atoms with Gasteiger partial charge in [0, 0.05) is 6.20 Å². The monoisotopic (exact) mass is 335 g/mol. The van der Waals surface area contributed by atoms with Crippen LogP contribution in [0.1, 0.15) is 27.4 Å². The number of alkyl halides is 3. The zero-order chi connectivity index (χ0) is 16.5. The van der Waals surface area contributed by atoms with E-state index in [0.29, 0.717) is 18.0 Å². The highest BCUT2D eigenvalue weighted by molar-refractivity contribution is 6.31. The molecule has 2 heterocycles. The molecule has 0 saturated heterocycles. The summed E-state index contributed by atoms with van der Waals surface area (Å²) in [7, 11) is 0.